The predicted octanol–water partition coefficient (Wildman–Crippen LogP) is 3.39. The van der Waals surface area contributed by atoms with Crippen molar-refractivity contribution in [2.45, 2.75) is 32.0 Å². The summed E-state index contributed by atoms with van der Waals surface area (Å²) in [6, 6.07) is 6.10. The van der Waals surface area contributed by atoms with Crippen LogP contribution in [0.25, 0.3) is 0 Å². The lowest BCUT2D eigenvalue weighted by Crippen LogP contribution is -2.23. The van der Waals surface area contributed by atoms with Crippen molar-refractivity contribution in [1.82, 2.24) is 0 Å². The number of para-hydroxylation sites is 1. The zero-order valence-corrected chi connectivity index (χ0v) is 11.3. The molecule has 1 aliphatic rings. The van der Waals surface area contributed by atoms with E-state index in [1.807, 2.05) is 18.2 Å². The SMILES string of the molecule is CC1CCc2cccc(OCCOCC(F)(F)F)c2N1. The van der Waals surface area contributed by atoms with Gasteiger partial charge < -0.3 is 14.8 Å². The maximum Gasteiger partial charge on any atom is 0.411 e. The Morgan fingerprint density at radius 2 is 2.10 bits per heavy atom. The van der Waals surface area contributed by atoms with Gasteiger partial charge in [-0.1, -0.05) is 12.1 Å². The molecule has 3 nitrogen and oxygen atoms in total. The van der Waals surface area contributed by atoms with Crippen molar-refractivity contribution in [3.05, 3.63) is 23.8 Å². The minimum absolute atomic E-state index is 0.0846. The van der Waals surface area contributed by atoms with Crippen molar-refractivity contribution in [2.75, 3.05) is 25.1 Å². The molecule has 112 valence electrons. The summed E-state index contributed by atoms with van der Waals surface area (Å²) in [5.74, 6) is 0.671. The standard InChI is InChI=1S/C14H18F3NO2/c1-10-5-6-11-3-2-4-12(13(11)18-10)20-8-7-19-9-14(15,16)17/h2-4,10,18H,5-9H2,1H3. The van der Waals surface area contributed by atoms with Gasteiger partial charge in [-0.15, -0.1) is 0 Å². The maximum absolute atomic E-state index is 11.9. The Balaban J connectivity index is 1.84. The van der Waals surface area contributed by atoms with Crippen LogP contribution in [0.1, 0.15) is 18.9 Å². The smallest absolute Gasteiger partial charge is 0.411 e. The normalized spacial score (nSPS) is 18.3. The topological polar surface area (TPSA) is 30.5 Å². The Hall–Kier alpha value is -1.43. The summed E-state index contributed by atoms with van der Waals surface area (Å²) in [5, 5.41) is 3.35. The quantitative estimate of drug-likeness (QED) is 0.843. The van der Waals surface area contributed by atoms with Crippen LogP contribution in [0.15, 0.2) is 18.2 Å². The molecular weight excluding hydrogens is 271 g/mol. The summed E-state index contributed by atoms with van der Waals surface area (Å²) in [6.07, 6.45) is -2.25. The molecule has 1 aromatic carbocycles. The van der Waals surface area contributed by atoms with Crippen LogP contribution in [-0.2, 0) is 11.2 Å². The van der Waals surface area contributed by atoms with Gasteiger partial charge in [-0.3, -0.25) is 0 Å². The van der Waals surface area contributed by atoms with E-state index in [1.54, 1.807) is 0 Å². The molecule has 1 atom stereocenters. The number of fused-ring (bicyclic) bond motifs is 1. The summed E-state index contributed by atoms with van der Waals surface area (Å²) in [5.41, 5.74) is 2.12. The molecule has 0 bridgehead atoms. The third kappa shape index (κ3) is 4.30. The Bertz CT molecular complexity index is 449. The van der Waals surface area contributed by atoms with Crippen LogP contribution in [0.3, 0.4) is 0 Å². The number of halogens is 3. The van der Waals surface area contributed by atoms with Gasteiger partial charge in [0.2, 0.25) is 0 Å². The molecule has 2 rings (SSSR count). The lowest BCUT2D eigenvalue weighted by Gasteiger charge is -2.26. The Kier molecular flexibility index (Phi) is 4.75. The number of aryl methyl sites for hydroxylation is 1. The van der Waals surface area contributed by atoms with Crippen molar-refractivity contribution < 1.29 is 22.6 Å². The van der Waals surface area contributed by atoms with Crippen LogP contribution in [0.4, 0.5) is 18.9 Å². The second-order valence-corrected chi connectivity index (χ2v) is 4.89. The van der Waals surface area contributed by atoms with Crippen LogP contribution >= 0.6 is 0 Å². The molecule has 0 amide bonds. The highest BCUT2D eigenvalue weighted by Crippen LogP contribution is 2.33. The Labute approximate surface area is 116 Å². The number of anilines is 1. The molecule has 0 fully saturated rings. The Morgan fingerprint density at radius 3 is 2.85 bits per heavy atom. The number of nitrogens with one attached hydrogen (secondary N) is 1. The van der Waals surface area contributed by atoms with Crippen molar-refractivity contribution in [1.29, 1.82) is 0 Å². The molecule has 1 unspecified atom stereocenters. The predicted molar refractivity (Wildman–Crippen MR) is 70.2 cm³/mol. The molecule has 1 aromatic rings. The summed E-state index contributed by atoms with van der Waals surface area (Å²) < 4.78 is 45.7. The highest BCUT2D eigenvalue weighted by atomic mass is 19.4. The first kappa shape index (κ1) is 15.0. The number of benzene rings is 1. The second-order valence-electron chi connectivity index (χ2n) is 4.89. The minimum atomic E-state index is -4.29. The van der Waals surface area contributed by atoms with Crippen LogP contribution in [0, 0.1) is 0 Å². The van der Waals surface area contributed by atoms with E-state index in [0.717, 1.165) is 18.5 Å². The molecule has 0 spiro atoms. The van der Waals surface area contributed by atoms with Crippen molar-refractivity contribution >= 4 is 5.69 Å². The number of rotatable bonds is 5. The van der Waals surface area contributed by atoms with Gasteiger partial charge in [0.15, 0.2) is 0 Å². The average molecular weight is 289 g/mol. The fourth-order valence-electron chi connectivity index (χ4n) is 2.16. The molecule has 1 N–H and O–H groups in total. The Morgan fingerprint density at radius 1 is 1.30 bits per heavy atom. The van der Waals surface area contributed by atoms with Gasteiger partial charge in [0.1, 0.15) is 19.0 Å². The second kappa shape index (κ2) is 6.35. The largest absolute Gasteiger partial charge is 0.489 e. The van der Waals surface area contributed by atoms with E-state index < -0.39 is 12.8 Å². The van der Waals surface area contributed by atoms with Crippen molar-refractivity contribution in [3.8, 4) is 5.75 Å². The third-order valence-corrected chi connectivity index (χ3v) is 3.10. The highest BCUT2D eigenvalue weighted by molar-refractivity contribution is 5.63. The van der Waals surface area contributed by atoms with E-state index >= 15 is 0 Å². The lowest BCUT2D eigenvalue weighted by molar-refractivity contribution is -0.175. The highest BCUT2D eigenvalue weighted by Gasteiger charge is 2.27. The monoisotopic (exact) mass is 289 g/mol. The fraction of sp³-hybridized carbons (Fsp3) is 0.571. The van der Waals surface area contributed by atoms with E-state index in [0.29, 0.717) is 11.8 Å². The number of hydrogen-bond acceptors (Lipinski definition) is 3. The first-order valence-electron chi connectivity index (χ1n) is 6.61. The zero-order chi connectivity index (χ0) is 14.6. The summed E-state index contributed by atoms with van der Waals surface area (Å²) >= 11 is 0. The number of ether oxygens (including phenoxy) is 2. The molecule has 0 aliphatic carbocycles. The molecule has 0 radical (unpaired) electrons. The molecule has 0 saturated heterocycles. The van der Waals surface area contributed by atoms with Gasteiger partial charge in [0, 0.05) is 6.04 Å². The van der Waals surface area contributed by atoms with E-state index in [9.17, 15) is 13.2 Å². The van der Waals surface area contributed by atoms with E-state index in [2.05, 4.69) is 17.0 Å². The molecule has 1 heterocycles. The zero-order valence-electron chi connectivity index (χ0n) is 11.3. The molecule has 0 saturated carbocycles. The summed E-state index contributed by atoms with van der Waals surface area (Å²) in [4.78, 5) is 0. The van der Waals surface area contributed by atoms with Crippen LogP contribution in [-0.4, -0.2) is 32.0 Å². The lowest BCUT2D eigenvalue weighted by atomic mass is 9.98. The fourth-order valence-corrected chi connectivity index (χ4v) is 2.16. The third-order valence-electron chi connectivity index (χ3n) is 3.10. The van der Waals surface area contributed by atoms with Gasteiger partial charge in [-0.25, -0.2) is 0 Å². The number of hydrogen-bond donors (Lipinski definition) is 1. The first-order chi connectivity index (χ1) is 9.46. The molecular formula is C14H18F3NO2. The van der Waals surface area contributed by atoms with E-state index in [1.165, 1.54) is 5.56 Å². The van der Waals surface area contributed by atoms with Crippen LogP contribution in [0.5, 0.6) is 5.75 Å². The summed E-state index contributed by atoms with van der Waals surface area (Å²) in [7, 11) is 0. The van der Waals surface area contributed by atoms with E-state index in [-0.39, 0.29) is 13.2 Å². The molecule has 0 aromatic heterocycles. The molecule has 6 heteroatoms. The van der Waals surface area contributed by atoms with Crippen molar-refractivity contribution in [2.24, 2.45) is 0 Å². The van der Waals surface area contributed by atoms with Crippen molar-refractivity contribution in [3.63, 3.8) is 0 Å². The van der Waals surface area contributed by atoms with Crippen LogP contribution in [0.2, 0.25) is 0 Å². The average Bonchev–Trinajstić information content (AvgIpc) is 2.37. The van der Waals surface area contributed by atoms with Gasteiger partial charge in [-0.05, 0) is 31.4 Å². The van der Waals surface area contributed by atoms with Gasteiger partial charge in [0.25, 0.3) is 0 Å². The molecule has 20 heavy (non-hydrogen) atoms. The van der Waals surface area contributed by atoms with E-state index in [4.69, 9.17) is 4.74 Å². The first-order valence-corrected chi connectivity index (χ1v) is 6.61. The van der Waals surface area contributed by atoms with Gasteiger partial charge >= 0.3 is 6.18 Å². The summed E-state index contributed by atoms with van der Waals surface area (Å²) in [6.45, 7) is 0.867. The van der Waals surface area contributed by atoms with Gasteiger partial charge in [0.05, 0.1) is 12.3 Å². The number of alkyl halides is 3. The van der Waals surface area contributed by atoms with Gasteiger partial charge in [-0.2, -0.15) is 13.2 Å². The van der Waals surface area contributed by atoms with Crippen LogP contribution < -0.4 is 10.1 Å². The maximum atomic E-state index is 11.9. The minimum Gasteiger partial charge on any atom is -0.489 e. The molecule has 1 aliphatic heterocycles.